The maximum Gasteiger partial charge on any atom is 0.231 e. The lowest BCUT2D eigenvalue weighted by Gasteiger charge is -2.01. The van der Waals surface area contributed by atoms with Gasteiger partial charge < -0.3 is 11.1 Å². The van der Waals surface area contributed by atoms with Crippen molar-refractivity contribution in [3.05, 3.63) is 11.6 Å². The van der Waals surface area contributed by atoms with Crippen LogP contribution in [-0.4, -0.2) is 27.6 Å². The molecule has 1 saturated carbocycles. The fraction of sp³-hybridized carbons (Fsp3) is 0.700. The van der Waals surface area contributed by atoms with Crippen LogP contribution in [0.5, 0.6) is 0 Å². The average Bonchev–Trinajstić information content (AvgIpc) is 2.85. The molecule has 1 aliphatic carbocycles. The average molecular weight is 223 g/mol. The Morgan fingerprint density at radius 2 is 2.25 bits per heavy atom. The SMILES string of the molecule is NC(=O)CNCc1nc(C2CCCC2)n[nH]1. The summed E-state index contributed by atoms with van der Waals surface area (Å²) in [6.07, 6.45) is 4.92. The summed E-state index contributed by atoms with van der Waals surface area (Å²) in [6.45, 7) is 0.669. The number of hydrogen-bond acceptors (Lipinski definition) is 4. The van der Waals surface area contributed by atoms with E-state index < -0.39 is 0 Å². The molecule has 6 nitrogen and oxygen atoms in total. The Kier molecular flexibility index (Phi) is 3.51. The van der Waals surface area contributed by atoms with Crippen LogP contribution in [0.4, 0.5) is 0 Å². The van der Waals surface area contributed by atoms with Gasteiger partial charge in [-0.15, -0.1) is 0 Å². The molecule has 0 bridgehead atoms. The minimum absolute atomic E-state index is 0.166. The fourth-order valence-corrected chi connectivity index (χ4v) is 2.06. The van der Waals surface area contributed by atoms with Crippen molar-refractivity contribution >= 4 is 5.91 Å². The van der Waals surface area contributed by atoms with Crippen LogP contribution < -0.4 is 11.1 Å². The Bertz CT molecular complexity index is 356. The van der Waals surface area contributed by atoms with Gasteiger partial charge in [0, 0.05) is 5.92 Å². The number of primary amides is 1. The van der Waals surface area contributed by atoms with E-state index in [1.165, 1.54) is 25.7 Å². The van der Waals surface area contributed by atoms with Crippen molar-refractivity contribution in [1.82, 2.24) is 20.5 Å². The van der Waals surface area contributed by atoms with Gasteiger partial charge in [0.1, 0.15) is 5.82 Å². The van der Waals surface area contributed by atoms with Crippen molar-refractivity contribution in [2.45, 2.75) is 38.1 Å². The van der Waals surface area contributed by atoms with E-state index in [9.17, 15) is 4.79 Å². The first-order valence-electron chi connectivity index (χ1n) is 5.66. The predicted octanol–water partition coefficient (Wildman–Crippen LogP) is 0.0372. The van der Waals surface area contributed by atoms with Crippen molar-refractivity contribution in [2.24, 2.45) is 5.73 Å². The number of carbonyl (C=O) groups is 1. The third-order valence-electron chi connectivity index (χ3n) is 2.86. The first kappa shape index (κ1) is 11.1. The van der Waals surface area contributed by atoms with Crippen LogP contribution in [0.3, 0.4) is 0 Å². The molecule has 1 aliphatic rings. The summed E-state index contributed by atoms with van der Waals surface area (Å²) in [5, 5.41) is 9.98. The summed E-state index contributed by atoms with van der Waals surface area (Å²) >= 11 is 0. The van der Waals surface area contributed by atoms with Crippen LogP contribution in [0.15, 0.2) is 0 Å². The van der Waals surface area contributed by atoms with Gasteiger partial charge in [0.2, 0.25) is 5.91 Å². The molecule has 1 aromatic rings. The number of hydrogen-bond donors (Lipinski definition) is 3. The van der Waals surface area contributed by atoms with Crippen molar-refractivity contribution < 1.29 is 4.79 Å². The van der Waals surface area contributed by atoms with E-state index in [0.717, 1.165) is 11.6 Å². The van der Waals surface area contributed by atoms with Gasteiger partial charge in [-0.05, 0) is 12.8 Å². The van der Waals surface area contributed by atoms with Crippen LogP contribution in [0.25, 0.3) is 0 Å². The topological polar surface area (TPSA) is 96.7 Å². The molecule has 2 rings (SSSR count). The van der Waals surface area contributed by atoms with Gasteiger partial charge in [-0.3, -0.25) is 9.89 Å². The summed E-state index contributed by atoms with van der Waals surface area (Å²) in [4.78, 5) is 14.9. The van der Waals surface area contributed by atoms with Crippen LogP contribution >= 0.6 is 0 Å². The van der Waals surface area contributed by atoms with Crippen LogP contribution in [-0.2, 0) is 11.3 Å². The highest BCUT2D eigenvalue weighted by atomic mass is 16.1. The zero-order chi connectivity index (χ0) is 11.4. The molecule has 0 spiro atoms. The number of amides is 1. The number of nitrogens with zero attached hydrogens (tertiary/aromatic N) is 2. The molecule has 88 valence electrons. The minimum Gasteiger partial charge on any atom is -0.369 e. The second-order valence-electron chi connectivity index (χ2n) is 4.19. The lowest BCUT2D eigenvalue weighted by Crippen LogP contribution is -2.28. The highest BCUT2D eigenvalue weighted by molar-refractivity contribution is 5.75. The van der Waals surface area contributed by atoms with Crippen molar-refractivity contribution in [2.75, 3.05) is 6.54 Å². The molecule has 0 unspecified atom stereocenters. The standard InChI is InChI=1S/C10H17N5O/c11-8(16)5-12-6-9-13-10(15-14-9)7-3-1-2-4-7/h7,12H,1-6H2,(H2,11,16)(H,13,14,15). The number of aromatic nitrogens is 3. The largest absolute Gasteiger partial charge is 0.369 e. The number of H-pyrrole nitrogens is 1. The fourth-order valence-electron chi connectivity index (χ4n) is 2.06. The number of nitrogens with one attached hydrogen (secondary N) is 2. The lowest BCUT2D eigenvalue weighted by atomic mass is 10.1. The van der Waals surface area contributed by atoms with Gasteiger partial charge in [0.15, 0.2) is 5.82 Å². The van der Waals surface area contributed by atoms with Gasteiger partial charge in [-0.2, -0.15) is 5.10 Å². The Morgan fingerprint density at radius 3 is 2.94 bits per heavy atom. The van der Waals surface area contributed by atoms with Crippen LogP contribution in [0.1, 0.15) is 43.3 Å². The van der Waals surface area contributed by atoms with E-state index in [0.29, 0.717) is 12.5 Å². The van der Waals surface area contributed by atoms with E-state index in [1.54, 1.807) is 0 Å². The molecule has 0 aliphatic heterocycles. The normalized spacial score (nSPS) is 16.8. The van der Waals surface area contributed by atoms with Crippen LogP contribution in [0, 0.1) is 0 Å². The van der Waals surface area contributed by atoms with Crippen molar-refractivity contribution in [3.63, 3.8) is 0 Å². The van der Waals surface area contributed by atoms with Gasteiger partial charge in [0.05, 0.1) is 13.1 Å². The molecule has 0 saturated heterocycles. The maximum absolute atomic E-state index is 10.5. The second-order valence-corrected chi connectivity index (χ2v) is 4.19. The molecule has 1 amide bonds. The summed E-state index contributed by atoms with van der Waals surface area (Å²) in [5.41, 5.74) is 5.01. The molecular formula is C10H17N5O. The first-order chi connectivity index (χ1) is 7.75. The van der Waals surface area contributed by atoms with E-state index in [4.69, 9.17) is 5.73 Å². The predicted molar refractivity (Wildman–Crippen MR) is 58.5 cm³/mol. The highest BCUT2D eigenvalue weighted by Crippen LogP contribution is 2.31. The monoisotopic (exact) mass is 223 g/mol. The molecular weight excluding hydrogens is 206 g/mol. The van der Waals surface area contributed by atoms with Gasteiger partial charge >= 0.3 is 0 Å². The maximum atomic E-state index is 10.5. The molecule has 4 N–H and O–H groups in total. The van der Waals surface area contributed by atoms with Gasteiger partial charge in [-0.1, -0.05) is 12.8 Å². The Balaban J connectivity index is 1.84. The molecule has 0 aromatic carbocycles. The van der Waals surface area contributed by atoms with E-state index in [2.05, 4.69) is 20.5 Å². The lowest BCUT2D eigenvalue weighted by molar-refractivity contribution is -0.117. The molecule has 1 fully saturated rings. The van der Waals surface area contributed by atoms with E-state index in [1.807, 2.05) is 0 Å². The molecule has 6 heteroatoms. The number of aromatic amines is 1. The Hall–Kier alpha value is -1.43. The smallest absolute Gasteiger partial charge is 0.231 e. The summed E-state index contributed by atoms with van der Waals surface area (Å²) in [6, 6.07) is 0. The minimum atomic E-state index is -0.365. The Morgan fingerprint density at radius 1 is 1.50 bits per heavy atom. The molecule has 1 heterocycles. The molecule has 1 aromatic heterocycles. The van der Waals surface area contributed by atoms with Crippen LogP contribution in [0.2, 0.25) is 0 Å². The third kappa shape index (κ3) is 2.79. The number of rotatable bonds is 5. The summed E-state index contributed by atoms with van der Waals surface area (Å²) in [5.74, 6) is 1.83. The zero-order valence-corrected chi connectivity index (χ0v) is 9.20. The highest BCUT2D eigenvalue weighted by Gasteiger charge is 2.20. The number of carbonyl (C=O) groups excluding carboxylic acids is 1. The Labute approximate surface area is 94.0 Å². The number of nitrogens with two attached hydrogens (primary N) is 1. The van der Waals surface area contributed by atoms with E-state index >= 15 is 0 Å². The molecule has 16 heavy (non-hydrogen) atoms. The van der Waals surface area contributed by atoms with Gasteiger partial charge in [-0.25, -0.2) is 4.98 Å². The third-order valence-corrected chi connectivity index (χ3v) is 2.86. The van der Waals surface area contributed by atoms with Crippen molar-refractivity contribution in [1.29, 1.82) is 0 Å². The zero-order valence-electron chi connectivity index (χ0n) is 9.20. The molecule has 0 radical (unpaired) electrons. The second kappa shape index (κ2) is 5.07. The van der Waals surface area contributed by atoms with Crippen molar-refractivity contribution in [3.8, 4) is 0 Å². The summed E-state index contributed by atoms with van der Waals surface area (Å²) < 4.78 is 0. The summed E-state index contributed by atoms with van der Waals surface area (Å²) in [7, 11) is 0. The first-order valence-corrected chi connectivity index (χ1v) is 5.66. The molecule has 0 atom stereocenters. The van der Waals surface area contributed by atoms with Gasteiger partial charge in [0.25, 0.3) is 0 Å². The van der Waals surface area contributed by atoms with E-state index in [-0.39, 0.29) is 12.5 Å². The quantitative estimate of drug-likeness (QED) is 0.656.